The second-order valence-electron chi connectivity index (χ2n) is 11.1. The molecule has 0 amide bonds. The van der Waals surface area contributed by atoms with Crippen LogP contribution in [0.5, 0.6) is 5.75 Å². The highest BCUT2D eigenvalue weighted by Crippen LogP contribution is 2.39. The third-order valence-electron chi connectivity index (χ3n) is 8.39. The number of fused-ring (bicyclic) bond motifs is 1. The average Bonchev–Trinajstić information content (AvgIpc) is 3.50. The number of benzene rings is 2. The van der Waals surface area contributed by atoms with Gasteiger partial charge in [0.1, 0.15) is 23.9 Å². The lowest BCUT2D eigenvalue weighted by Gasteiger charge is -2.29. The Morgan fingerprint density at radius 2 is 1.82 bits per heavy atom. The van der Waals surface area contributed by atoms with Gasteiger partial charge in [0.15, 0.2) is 0 Å². The Kier molecular flexibility index (Phi) is 7.69. The van der Waals surface area contributed by atoms with E-state index in [0.29, 0.717) is 29.4 Å². The maximum atomic E-state index is 12.2. The predicted octanol–water partition coefficient (Wildman–Crippen LogP) is 6.40. The number of aryl methyl sites for hydroxylation is 1. The van der Waals surface area contributed by atoms with Crippen molar-refractivity contribution in [1.29, 1.82) is 0 Å². The smallest absolute Gasteiger partial charge is 0.307 e. The molecular formula is C31H36ClN5O3. The number of carboxylic acids is 1. The number of carbonyl (C=O) groups is 1. The van der Waals surface area contributed by atoms with Gasteiger partial charge in [-0.25, -0.2) is 4.98 Å². The molecule has 1 aliphatic carbocycles. The zero-order chi connectivity index (χ0) is 27.6. The Morgan fingerprint density at radius 3 is 2.55 bits per heavy atom. The molecule has 40 heavy (non-hydrogen) atoms. The molecule has 2 aliphatic rings. The number of aliphatic carboxylic acids is 1. The van der Waals surface area contributed by atoms with Gasteiger partial charge in [-0.1, -0.05) is 36.6 Å². The summed E-state index contributed by atoms with van der Waals surface area (Å²) in [6, 6.07) is 14.7. The van der Waals surface area contributed by atoms with Gasteiger partial charge < -0.3 is 19.3 Å². The number of ether oxygens (including phenoxy) is 1. The summed E-state index contributed by atoms with van der Waals surface area (Å²) in [4.78, 5) is 19.7. The third kappa shape index (κ3) is 5.55. The number of hydrogen-bond donors (Lipinski definition) is 1. The fourth-order valence-electron chi connectivity index (χ4n) is 6.30. The summed E-state index contributed by atoms with van der Waals surface area (Å²) in [5.74, 6) is 0.272. The van der Waals surface area contributed by atoms with Crippen LogP contribution in [-0.2, 0) is 25.0 Å². The van der Waals surface area contributed by atoms with E-state index < -0.39 is 11.9 Å². The molecule has 0 spiro atoms. The van der Waals surface area contributed by atoms with Gasteiger partial charge in [0.05, 0.1) is 22.0 Å². The highest BCUT2D eigenvalue weighted by Gasteiger charge is 2.35. The van der Waals surface area contributed by atoms with Crippen LogP contribution >= 0.6 is 11.6 Å². The van der Waals surface area contributed by atoms with Crippen LogP contribution in [0.3, 0.4) is 0 Å². The first-order valence-corrected chi connectivity index (χ1v) is 14.7. The molecule has 0 radical (unpaired) electrons. The number of hydrogen-bond acceptors (Lipinski definition) is 5. The molecule has 0 bridgehead atoms. The van der Waals surface area contributed by atoms with Crippen molar-refractivity contribution in [1.82, 2.24) is 19.3 Å². The van der Waals surface area contributed by atoms with E-state index in [2.05, 4.69) is 38.8 Å². The van der Waals surface area contributed by atoms with Crippen molar-refractivity contribution in [3.63, 3.8) is 0 Å². The molecule has 210 valence electrons. The molecule has 2 fully saturated rings. The molecule has 1 N–H and O–H groups in total. The third-order valence-corrected chi connectivity index (χ3v) is 8.71. The minimum Gasteiger partial charge on any atom is -0.487 e. The van der Waals surface area contributed by atoms with Crippen LogP contribution in [0, 0.1) is 5.92 Å². The largest absolute Gasteiger partial charge is 0.487 e. The number of anilines is 1. The van der Waals surface area contributed by atoms with Crippen molar-refractivity contribution < 1.29 is 14.6 Å². The second-order valence-corrected chi connectivity index (χ2v) is 11.5. The van der Waals surface area contributed by atoms with Crippen LogP contribution in [-0.4, -0.2) is 43.5 Å². The number of rotatable bonds is 8. The number of halogens is 1. The molecule has 1 saturated heterocycles. The molecule has 8 nitrogen and oxygen atoms in total. The second kappa shape index (κ2) is 11.5. The number of piperidine rings is 1. The molecule has 1 saturated carbocycles. The van der Waals surface area contributed by atoms with Crippen LogP contribution < -0.4 is 9.64 Å². The van der Waals surface area contributed by atoms with Crippen LogP contribution in [0.25, 0.3) is 11.0 Å². The highest BCUT2D eigenvalue weighted by atomic mass is 35.5. The van der Waals surface area contributed by atoms with Gasteiger partial charge in [0.2, 0.25) is 0 Å². The van der Waals surface area contributed by atoms with Crippen LogP contribution in [0.15, 0.2) is 48.7 Å². The highest BCUT2D eigenvalue weighted by molar-refractivity contribution is 6.31. The SMILES string of the molecule is Cn1cc(Cl)c(COc2ccc3nc([C@H]4CCCC[C@H]4C(=O)O)n(Cc4ccc(N5CCCCC5)cc4)c3c2)n1. The normalized spacial score (nSPS) is 19.7. The fourth-order valence-corrected chi connectivity index (χ4v) is 6.53. The summed E-state index contributed by atoms with van der Waals surface area (Å²) in [6.07, 6.45) is 9.03. The van der Waals surface area contributed by atoms with E-state index >= 15 is 0 Å². The molecule has 1 aliphatic heterocycles. The molecule has 2 atom stereocenters. The summed E-state index contributed by atoms with van der Waals surface area (Å²) < 4.78 is 9.97. The molecular weight excluding hydrogens is 526 g/mol. The Morgan fingerprint density at radius 1 is 1.05 bits per heavy atom. The number of aromatic nitrogens is 4. The maximum absolute atomic E-state index is 12.2. The summed E-state index contributed by atoms with van der Waals surface area (Å²) in [5.41, 5.74) is 4.89. The topological polar surface area (TPSA) is 85.4 Å². The van der Waals surface area contributed by atoms with Crippen LogP contribution in [0.1, 0.15) is 67.9 Å². The summed E-state index contributed by atoms with van der Waals surface area (Å²) in [5, 5.41) is 15.0. The first kappa shape index (κ1) is 26.7. The van der Waals surface area contributed by atoms with Gasteiger partial charge in [-0.3, -0.25) is 9.48 Å². The zero-order valence-electron chi connectivity index (χ0n) is 22.9. The van der Waals surface area contributed by atoms with Crippen molar-refractivity contribution >= 4 is 34.3 Å². The number of nitrogens with zero attached hydrogens (tertiary/aromatic N) is 5. The van der Waals surface area contributed by atoms with E-state index in [0.717, 1.165) is 54.8 Å². The van der Waals surface area contributed by atoms with Gasteiger partial charge in [-0.05, 0) is 61.9 Å². The van der Waals surface area contributed by atoms with Crippen molar-refractivity contribution in [3.8, 4) is 5.75 Å². The summed E-state index contributed by atoms with van der Waals surface area (Å²) in [7, 11) is 1.83. The first-order chi connectivity index (χ1) is 19.5. The van der Waals surface area contributed by atoms with E-state index in [4.69, 9.17) is 21.3 Å². The van der Waals surface area contributed by atoms with E-state index in [-0.39, 0.29) is 12.5 Å². The Balaban J connectivity index is 1.34. The summed E-state index contributed by atoms with van der Waals surface area (Å²) >= 11 is 6.28. The van der Waals surface area contributed by atoms with E-state index in [9.17, 15) is 9.90 Å². The maximum Gasteiger partial charge on any atom is 0.307 e. The molecule has 9 heteroatoms. The first-order valence-electron chi connectivity index (χ1n) is 14.3. The van der Waals surface area contributed by atoms with E-state index in [1.807, 2.05) is 25.2 Å². The molecule has 2 aromatic carbocycles. The molecule has 4 aromatic rings. The quantitative estimate of drug-likeness (QED) is 0.268. The lowest BCUT2D eigenvalue weighted by molar-refractivity contribution is -0.143. The van der Waals surface area contributed by atoms with Gasteiger partial charge in [-0.2, -0.15) is 5.10 Å². The Labute approximate surface area is 239 Å². The predicted molar refractivity (Wildman–Crippen MR) is 156 cm³/mol. The Bertz CT molecular complexity index is 1490. The van der Waals surface area contributed by atoms with Gasteiger partial charge in [-0.15, -0.1) is 0 Å². The lowest BCUT2D eigenvalue weighted by atomic mass is 9.78. The minimum absolute atomic E-state index is 0.122. The van der Waals surface area contributed by atoms with Crippen molar-refractivity contribution in [2.45, 2.75) is 64.0 Å². The average molecular weight is 562 g/mol. The van der Waals surface area contributed by atoms with Crippen LogP contribution in [0.2, 0.25) is 5.02 Å². The monoisotopic (exact) mass is 561 g/mol. The van der Waals surface area contributed by atoms with Crippen LogP contribution in [0.4, 0.5) is 5.69 Å². The van der Waals surface area contributed by atoms with E-state index in [1.54, 1.807) is 10.9 Å². The van der Waals surface area contributed by atoms with Crippen molar-refractivity contribution in [2.75, 3.05) is 18.0 Å². The van der Waals surface area contributed by atoms with Gasteiger partial charge >= 0.3 is 5.97 Å². The lowest BCUT2D eigenvalue weighted by Crippen LogP contribution is -2.29. The number of imidazole rings is 1. The summed E-state index contributed by atoms with van der Waals surface area (Å²) in [6.45, 7) is 3.10. The van der Waals surface area contributed by atoms with Gasteiger partial charge in [0.25, 0.3) is 0 Å². The standard InChI is InChI=1S/C31H36ClN5O3/c1-35-19-26(32)28(34-35)20-40-23-13-14-27-29(17-23)37(30(33-27)24-7-3-4-8-25(24)31(38)39)18-21-9-11-22(12-10-21)36-15-5-2-6-16-36/h9-14,17,19,24-25H,2-8,15-16,18,20H2,1H3,(H,38,39)/t24-,25+/m0/s1. The molecule has 2 aromatic heterocycles. The minimum atomic E-state index is -0.731. The fraction of sp³-hybridized carbons (Fsp3) is 0.452. The Hall–Kier alpha value is -3.52. The van der Waals surface area contributed by atoms with Crippen molar-refractivity contribution in [2.24, 2.45) is 13.0 Å². The number of carboxylic acid groups (broad SMARTS) is 1. The molecule has 3 heterocycles. The van der Waals surface area contributed by atoms with Crippen molar-refractivity contribution in [3.05, 3.63) is 70.8 Å². The van der Waals surface area contributed by atoms with Gasteiger partial charge in [0, 0.05) is 50.6 Å². The zero-order valence-corrected chi connectivity index (χ0v) is 23.7. The molecule has 0 unspecified atom stereocenters. The van der Waals surface area contributed by atoms with E-state index in [1.165, 1.54) is 24.9 Å². The molecule has 6 rings (SSSR count).